The van der Waals surface area contributed by atoms with Crippen LogP contribution in [-0.4, -0.2) is 4.98 Å². The Hall–Kier alpha value is -2.28. The van der Waals surface area contributed by atoms with Crippen molar-refractivity contribution >= 4 is 23.6 Å². The molecule has 0 aliphatic rings. The first kappa shape index (κ1) is 10.8. The first-order chi connectivity index (χ1) is 8.75. The molecule has 3 aromatic rings. The van der Waals surface area contributed by atoms with Crippen LogP contribution in [0.3, 0.4) is 0 Å². The van der Waals surface area contributed by atoms with Crippen molar-refractivity contribution in [1.82, 2.24) is 4.98 Å². The molecule has 1 N–H and O–H groups in total. The molecule has 0 unspecified atom stereocenters. The van der Waals surface area contributed by atoms with E-state index in [1.165, 1.54) is 16.5 Å². The van der Waals surface area contributed by atoms with E-state index >= 15 is 0 Å². The lowest BCUT2D eigenvalue weighted by Crippen LogP contribution is -2.21. The number of H-pyrrole nitrogens is 1. The highest BCUT2D eigenvalue weighted by Gasteiger charge is 2.03. The molecular formula is C17H15N. The quantitative estimate of drug-likeness (QED) is 0.665. The maximum absolute atomic E-state index is 4.06. The monoisotopic (exact) mass is 233 g/mol. The summed E-state index contributed by atoms with van der Waals surface area (Å²) >= 11 is 0. The zero-order valence-corrected chi connectivity index (χ0v) is 10.4. The fourth-order valence-corrected chi connectivity index (χ4v) is 2.28. The number of rotatable bonds is 1. The molecule has 0 bridgehead atoms. The molecule has 0 saturated carbocycles. The fourth-order valence-electron chi connectivity index (χ4n) is 2.28. The van der Waals surface area contributed by atoms with Crippen molar-refractivity contribution in [2.75, 3.05) is 0 Å². The van der Waals surface area contributed by atoms with Gasteiger partial charge in [-0.05, 0) is 35.1 Å². The minimum Gasteiger partial charge on any atom is -0.355 e. The average Bonchev–Trinajstić information content (AvgIpc) is 2.70. The van der Waals surface area contributed by atoms with Gasteiger partial charge in [0.15, 0.2) is 0 Å². The summed E-state index contributed by atoms with van der Waals surface area (Å²) in [5.74, 6) is 0. The maximum Gasteiger partial charge on any atom is 0.0461 e. The summed E-state index contributed by atoms with van der Waals surface area (Å²) in [5, 5.41) is 3.49. The largest absolute Gasteiger partial charge is 0.355 e. The zero-order chi connectivity index (χ0) is 12.5. The summed E-state index contributed by atoms with van der Waals surface area (Å²) in [6.07, 6.45) is 2.16. The number of para-hydroxylation sites is 1. The van der Waals surface area contributed by atoms with Crippen LogP contribution >= 0.6 is 0 Å². The molecule has 3 rings (SSSR count). The van der Waals surface area contributed by atoms with Gasteiger partial charge in [-0.15, -0.1) is 0 Å². The van der Waals surface area contributed by atoms with Gasteiger partial charge in [0.2, 0.25) is 0 Å². The van der Waals surface area contributed by atoms with Gasteiger partial charge in [-0.1, -0.05) is 49.0 Å². The van der Waals surface area contributed by atoms with E-state index in [-0.39, 0.29) is 0 Å². The second kappa shape index (κ2) is 4.19. The standard InChI is InChI=1S/C17H15N/c1-12-7-3-4-8-14(12)11-17-13(2)15-9-5-6-10-16(15)18-17/h3-11,18H,1H2,2H3/b14-11-. The van der Waals surface area contributed by atoms with Gasteiger partial charge < -0.3 is 4.98 Å². The second-order valence-corrected chi connectivity index (χ2v) is 4.55. The molecule has 18 heavy (non-hydrogen) atoms. The normalized spacial score (nSPS) is 12.2. The highest BCUT2D eigenvalue weighted by atomic mass is 14.7. The molecule has 0 fully saturated rings. The van der Waals surface area contributed by atoms with Crippen LogP contribution in [0.4, 0.5) is 0 Å². The van der Waals surface area contributed by atoms with Crippen molar-refractivity contribution in [3.05, 3.63) is 70.2 Å². The van der Waals surface area contributed by atoms with Crippen molar-refractivity contribution < 1.29 is 0 Å². The van der Waals surface area contributed by atoms with Crippen molar-refractivity contribution in [1.29, 1.82) is 0 Å². The Morgan fingerprint density at radius 2 is 1.72 bits per heavy atom. The van der Waals surface area contributed by atoms with Crippen LogP contribution in [0, 0.1) is 6.92 Å². The lowest BCUT2D eigenvalue weighted by molar-refractivity contribution is 1.36. The van der Waals surface area contributed by atoms with Gasteiger partial charge in [0.05, 0.1) is 0 Å². The van der Waals surface area contributed by atoms with Gasteiger partial charge in [0, 0.05) is 16.6 Å². The van der Waals surface area contributed by atoms with E-state index in [0.717, 1.165) is 16.1 Å². The van der Waals surface area contributed by atoms with Crippen molar-refractivity contribution in [2.45, 2.75) is 6.92 Å². The van der Waals surface area contributed by atoms with Crippen LogP contribution in [-0.2, 0) is 0 Å². The Morgan fingerprint density at radius 3 is 2.50 bits per heavy atom. The minimum absolute atomic E-state index is 1.05. The molecule has 0 aliphatic carbocycles. The zero-order valence-electron chi connectivity index (χ0n) is 10.4. The SMILES string of the molecule is C=c1cccc/c1=C/c1[nH]c2ccccc2c1C. The topological polar surface area (TPSA) is 15.8 Å². The summed E-state index contributed by atoms with van der Waals surface area (Å²) < 4.78 is 0. The molecule has 0 saturated heterocycles. The van der Waals surface area contributed by atoms with Crippen LogP contribution in [0.25, 0.3) is 23.6 Å². The number of aryl methyl sites for hydroxylation is 1. The average molecular weight is 233 g/mol. The molecule has 1 aromatic heterocycles. The summed E-state index contributed by atoms with van der Waals surface area (Å²) in [7, 11) is 0. The van der Waals surface area contributed by atoms with Crippen molar-refractivity contribution in [2.24, 2.45) is 0 Å². The number of aromatic amines is 1. The highest BCUT2D eigenvalue weighted by Crippen LogP contribution is 2.21. The van der Waals surface area contributed by atoms with E-state index in [4.69, 9.17) is 0 Å². The number of hydrogen-bond acceptors (Lipinski definition) is 0. The minimum atomic E-state index is 1.05. The van der Waals surface area contributed by atoms with E-state index in [9.17, 15) is 0 Å². The predicted octanol–water partition coefficient (Wildman–Crippen LogP) is 2.72. The van der Waals surface area contributed by atoms with Crippen molar-refractivity contribution in [3.63, 3.8) is 0 Å². The number of aromatic nitrogens is 1. The smallest absolute Gasteiger partial charge is 0.0461 e. The van der Waals surface area contributed by atoms with Crippen LogP contribution in [0.15, 0.2) is 48.5 Å². The summed E-state index contributed by atoms with van der Waals surface area (Å²) in [4.78, 5) is 3.46. The van der Waals surface area contributed by atoms with E-state index in [2.05, 4.69) is 54.9 Å². The molecule has 0 atom stereocenters. The molecule has 1 nitrogen and oxygen atoms in total. The summed E-state index contributed by atoms with van der Waals surface area (Å²) in [6, 6.07) is 16.6. The maximum atomic E-state index is 4.06. The molecule has 0 amide bonds. The Morgan fingerprint density at radius 1 is 1.00 bits per heavy atom. The van der Waals surface area contributed by atoms with Crippen molar-refractivity contribution in [3.8, 4) is 0 Å². The van der Waals surface area contributed by atoms with Crippen LogP contribution in [0.1, 0.15) is 11.3 Å². The molecule has 0 spiro atoms. The molecule has 1 heterocycles. The van der Waals surface area contributed by atoms with E-state index < -0.39 is 0 Å². The third-order valence-corrected chi connectivity index (χ3v) is 3.36. The second-order valence-electron chi connectivity index (χ2n) is 4.55. The van der Waals surface area contributed by atoms with Crippen LogP contribution in [0.5, 0.6) is 0 Å². The molecule has 1 heteroatoms. The van der Waals surface area contributed by atoms with Crippen LogP contribution < -0.4 is 10.4 Å². The number of benzene rings is 2. The number of nitrogens with one attached hydrogen (secondary N) is 1. The highest BCUT2D eigenvalue weighted by molar-refractivity contribution is 5.86. The number of fused-ring (bicyclic) bond motifs is 1. The Labute approximate surface area is 106 Å². The first-order valence-electron chi connectivity index (χ1n) is 6.09. The summed E-state index contributed by atoms with van der Waals surface area (Å²) in [5.41, 5.74) is 3.63. The van der Waals surface area contributed by atoms with Gasteiger partial charge in [-0.25, -0.2) is 0 Å². The first-order valence-corrected chi connectivity index (χ1v) is 6.09. The summed E-state index contributed by atoms with van der Waals surface area (Å²) in [6.45, 7) is 6.20. The predicted molar refractivity (Wildman–Crippen MR) is 77.8 cm³/mol. The fraction of sp³-hybridized carbons (Fsp3) is 0.0588. The van der Waals surface area contributed by atoms with Gasteiger partial charge in [0.25, 0.3) is 0 Å². The Bertz CT molecular complexity index is 809. The molecule has 0 aliphatic heterocycles. The van der Waals surface area contributed by atoms with Gasteiger partial charge >= 0.3 is 0 Å². The molecule has 2 aromatic carbocycles. The third kappa shape index (κ3) is 1.74. The van der Waals surface area contributed by atoms with Gasteiger partial charge in [-0.3, -0.25) is 0 Å². The van der Waals surface area contributed by atoms with E-state index in [1.54, 1.807) is 0 Å². The lowest BCUT2D eigenvalue weighted by atomic mass is 10.1. The van der Waals surface area contributed by atoms with E-state index in [1.807, 2.05) is 18.2 Å². The lowest BCUT2D eigenvalue weighted by Gasteiger charge is -1.92. The van der Waals surface area contributed by atoms with Crippen LogP contribution in [0.2, 0.25) is 0 Å². The third-order valence-electron chi connectivity index (χ3n) is 3.36. The number of hydrogen-bond donors (Lipinski definition) is 1. The van der Waals surface area contributed by atoms with Gasteiger partial charge in [0.1, 0.15) is 0 Å². The molecule has 0 radical (unpaired) electrons. The Balaban J connectivity index is 2.28. The van der Waals surface area contributed by atoms with Gasteiger partial charge in [-0.2, -0.15) is 0 Å². The Kier molecular flexibility index (Phi) is 2.52. The van der Waals surface area contributed by atoms with E-state index in [0.29, 0.717) is 0 Å². The molecule has 88 valence electrons. The molecular weight excluding hydrogens is 218 g/mol.